The molecule has 4 nitrogen and oxygen atoms in total. The van der Waals surface area contributed by atoms with Crippen molar-refractivity contribution in [2.24, 2.45) is 0 Å². The van der Waals surface area contributed by atoms with E-state index in [4.69, 9.17) is 16.0 Å². The summed E-state index contributed by atoms with van der Waals surface area (Å²) in [6.45, 7) is 0.268. The topological polar surface area (TPSA) is 62.5 Å². The van der Waals surface area contributed by atoms with Crippen LogP contribution in [0.25, 0.3) is 0 Å². The maximum absolute atomic E-state index is 11.8. The van der Waals surface area contributed by atoms with Crippen LogP contribution in [0.4, 0.5) is 0 Å². The van der Waals surface area contributed by atoms with Gasteiger partial charge in [0.1, 0.15) is 0 Å². The number of furan rings is 1. The number of hydrogen-bond acceptors (Lipinski definition) is 3. The van der Waals surface area contributed by atoms with Gasteiger partial charge in [0, 0.05) is 6.54 Å². The van der Waals surface area contributed by atoms with Crippen LogP contribution in [0.3, 0.4) is 0 Å². The van der Waals surface area contributed by atoms with E-state index in [0.29, 0.717) is 0 Å². The number of carbonyl (C=O) groups is 1. The van der Waals surface area contributed by atoms with E-state index in [-0.39, 0.29) is 23.4 Å². The van der Waals surface area contributed by atoms with Crippen LogP contribution < -0.4 is 5.32 Å². The molecule has 0 bridgehead atoms. The van der Waals surface area contributed by atoms with Crippen molar-refractivity contribution in [1.82, 2.24) is 5.32 Å². The average molecular weight is 272 g/mol. The van der Waals surface area contributed by atoms with Gasteiger partial charge in [0.2, 0.25) is 0 Å². The number of amides is 1. The predicted octanol–water partition coefficient (Wildman–Crippen LogP) is 2.75. The molecule has 1 heterocycles. The van der Waals surface area contributed by atoms with Gasteiger partial charge in [-0.15, -0.1) is 0 Å². The largest absolute Gasteiger partial charge is 0.440 e. The second kappa shape index (κ2) is 5.76. The molecular weight excluding hydrogens is 254 g/mol. The Morgan fingerprint density at radius 1 is 1.33 bits per heavy atom. The van der Waals surface area contributed by atoms with Crippen molar-refractivity contribution in [3.05, 3.63) is 23.1 Å². The lowest BCUT2D eigenvalue weighted by molar-refractivity contribution is 0.0243. The summed E-state index contributed by atoms with van der Waals surface area (Å²) < 4.78 is 5.01. The minimum Gasteiger partial charge on any atom is -0.440 e. The molecule has 1 aliphatic rings. The van der Waals surface area contributed by atoms with Gasteiger partial charge in [-0.05, 0) is 36.6 Å². The molecular formula is C13H18ClNO3. The van der Waals surface area contributed by atoms with E-state index in [9.17, 15) is 9.90 Å². The highest BCUT2D eigenvalue weighted by molar-refractivity contribution is 6.29. The van der Waals surface area contributed by atoms with Crippen LogP contribution in [0, 0.1) is 0 Å². The van der Waals surface area contributed by atoms with Crippen LogP contribution in [0.1, 0.15) is 49.1 Å². The molecule has 100 valence electrons. The third-order valence-corrected chi connectivity index (χ3v) is 3.61. The summed E-state index contributed by atoms with van der Waals surface area (Å²) >= 11 is 5.61. The fourth-order valence-corrected chi connectivity index (χ4v) is 2.48. The van der Waals surface area contributed by atoms with Gasteiger partial charge >= 0.3 is 0 Å². The van der Waals surface area contributed by atoms with Crippen LogP contribution in [-0.2, 0) is 0 Å². The molecule has 1 amide bonds. The van der Waals surface area contributed by atoms with Crippen molar-refractivity contribution < 1.29 is 14.3 Å². The number of carbonyl (C=O) groups excluding carboxylic acids is 1. The van der Waals surface area contributed by atoms with Gasteiger partial charge in [-0.3, -0.25) is 4.79 Å². The van der Waals surface area contributed by atoms with Gasteiger partial charge in [0.15, 0.2) is 11.0 Å². The third-order valence-electron chi connectivity index (χ3n) is 3.41. The normalized spacial score (nSPS) is 19.2. The minimum absolute atomic E-state index is 0.178. The van der Waals surface area contributed by atoms with Crippen molar-refractivity contribution >= 4 is 17.5 Å². The summed E-state index contributed by atoms with van der Waals surface area (Å²) in [5, 5.41) is 13.3. The van der Waals surface area contributed by atoms with Gasteiger partial charge in [-0.1, -0.05) is 25.7 Å². The van der Waals surface area contributed by atoms with Crippen LogP contribution in [0.2, 0.25) is 5.22 Å². The monoisotopic (exact) mass is 271 g/mol. The Morgan fingerprint density at radius 3 is 2.56 bits per heavy atom. The maximum Gasteiger partial charge on any atom is 0.287 e. The molecule has 2 N–H and O–H groups in total. The molecule has 0 aromatic carbocycles. The average Bonchev–Trinajstić information content (AvgIpc) is 2.66. The molecule has 18 heavy (non-hydrogen) atoms. The first kappa shape index (κ1) is 13.4. The summed E-state index contributed by atoms with van der Waals surface area (Å²) in [6.07, 6.45) is 5.82. The Hall–Kier alpha value is -1.00. The van der Waals surface area contributed by atoms with Gasteiger partial charge in [0.25, 0.3) is 5.91 Å². The Morgan fingerprint density at radius 2 is 2.00 bits per heavy atom. The lowest BCUT2D eigenvalue weighted by Crippen LogP contribution is -2.42. The smallest absolute Gasteiger partial charge is 0.287 e. The van der Waals surface area contributed by atoms with E-state index in [1.54, 1.807) is 0 Å². The molecule has 1 aromatic heterocycles. The second-order valence-electron chi connectivity index (χ2n) is 4.92. The number of rotatable bonds is 3. The van der Waals surface area contributed by atoms with Crippen LogP contribution in [0.5, 0.6) is 0 Å². The van der Waals surface area contributed by atoms with Gasteiger partial charge in [0.05, 0.1) is 5.60 Å². The quantitative estimate of drug-likeness (QED) is 0.831. The first-order chi connectivity index (χ1) is 8.59. The zero-order valence-electron chi connectivity index (χ0n) is 10.2. The molecule has 1 saturated carbocycles. The Balaban J connectivity index is 1.88. The fourth-order valence-electron chi connectivity index (χ4n) is 2.33. The van der Waals surface area contributed by atoms with Crippen molar-refractivity contribution in [3.8, 4) is 0 Å². The first-order valence-corrected chi connectivity index (χ1v) is 6.73. The summed E-state index contributed by atoms with van der Waals surface area (Å²) in [5.41, 5.74) is -0.775. The van der Waals surface area contributed by atoms with Crippen molar-refractivity contribution in [1.29, 1.82) is 0 Å². The van der Waals surface area contributed by atoms with E-state index < -0.39 is 5.60 Å². The molecule has 5 heteroatoms. The number of halogens is 1. The molecule has 0 saturated heterocycles. The third kappa shape index (κ3) is 3.50. The van der Waals surface area contributed by atoms with Crippen molar-refractivity contribution in [2.75, 3.05) is 6.54 Å². The molecule has 0 aliphatic heterocycles. The van der Waals surface area contributed by atoms with E-state index in [0.717, 1.165) is 38.5 Å². The maximum atomic E-state index is 11.8. The van der Waals surface area contributed by atoms with Gasteiger partial charge in [-0.2, -0.15) is 0 Å². The standard InChI is InChI=1S/C13H18ClNO3/c14-11-6-5-10(18-11)12(16)15-9-13(17)7-3-1-2-4-8-13/h5-6,17H,1-4,7-9H2,(H,15,16). The number of aliphatic hydroxyl groups is 1. The highest BCUT2D eigenvalue weighted by Crippen LogP contribution is 2.26. The highest BCUT2D eigenvalue weighted by atomic mass is 35.5. The summed E-state index contributed by atoms with van der Waals surface area (Å²) in [4.78, 5) is 11.8. The SMILES string of the molecule is O=C(NCC1(O)CCCCCC1)c1ccc(Cl)o1. The molecule has 0 radical (unpaired) electrons. The zero-order valence-corrected chi connectivity index (χ0v) is 11.0. The molecule has 0 atom stereocenters. The first-order valence-electron chi connectivity index (χ1n) is 6.35. The summed E-state index contributed by atoms with van der Waals surface area (Å²) in [7, 11) is 0. The van der Waals surface area contributed by atoms with Crippen LogP contribution in [0.15, 0.2) is 16.5 Å². The predicted molar refractivity (Wildman–Crippen MR) is 68.7 cm³/mol. The highest BCUT2D eigenvalue weighted by Gasteiger charge is 2.28. The number of nitrogens with one attached hydrogen (secondary N) is 1. The Labute approximate surface area is 111 Å². The Bertz CT molecular complexity index is 408. The van der Waals surface area contributed by atoms with E-state index in [2.05, 4.69) is 5.32 Å². The molecule has 1 aromatic rings. The molecule has 0 unspecified atom stereocenters. The van der Waals surface area contributed by atoms with Crippen LogP contribution in [-0.4, -0.2) is 23.2 Å². The van der Waals surface area contributed by atoms with Crippen molar-refractivity contribution in [3.63, 3.8) is 0 Å². The summed E-state index contributed by atoms with van der Waals surface area (Å²) in [5.74, 6) is -0.156. The molecule has 0 spiro atoms. The minimum atomic E-state index is -0.775. The zero-order chi connectivity index (χ0) is 13.0. The second-order valence-corrected chi connectivity index (χ2v) is 5.30. The lowest BCUT2D eigenvalue weighted by Gasteiger charge is -2.26. The summed E-state index contributed by atoms with van der Waals surface area (Å²) in [6, 6.07) is 3.05. The van der Waals surface area contributed by atoms with E-state index in [1.165, 1.54) is 12.1 Å². The van der Waals surface area contributed by atoms with Gasteiger partial charge < -0.3 is 14.8 Å². The number of hydrogen-bond donors (Lipinski definition) is 2. The van der Waals surface area contributed by atoms with E-state index >= 15 is 0 Å². The molecule has 1 fully saturated rings. The van der Waals surface area contributed by atoms with Crippen molar-refractivity contribution in [2.45, 2.75) is 44.1 Å². The van der Waals surface area contributed by atoms with E-state index in [1.807, 2.05) is 0 Å². The van der Waals surface area contributed by atoms with Crippen LogP contribution >= 0.6 is 11.6 Å². The lowest BCUT2D eigenvalue weighted by atomic mass is 9.94. The molecule has 2 rings (SSSR count). The fraction of sp³-hybridized carbons (Fsp3) is 0.615. The molecule has 1 aliphatic carbocycles. The Kier molecular flexibility index (Phi) is 4.30. The van der Waals surface area contributed by atoms with Gasteiger partial charge in [-0.25, -0.2) is 0 Å².